The average molecular weight is 179 g/mol. The van der Waals surface area contributed by atoms with E-state index in [9.17, 15) is 0 Å². The molecule has 3 heteroatoms. The SMILES string of the molecule is CO[Si]C(C)Nc1ccccc1. The molecule has 0 aliphatic carbocycles. The molecular weight excluding hydrogens is 166 g/mol. The van der Waals surface area contributed by atoms with Crippen LogP contribution in [0.2, 0.25) is 0 Å². The van der Waals surface area contributed by atoms with Crippen LogP contribution >= 0.6 is 0 Å². The summed E-state index contributed by atoms with van der Waals surface area (Å²) in [5.41, 5.74) is 1.53. The number of hydrogen-bond acceptors (Lipinski definition) is 2. The van der Waals surface area contributed by atoms with Crippen molar-refractivity contribution in [2.24, 2.45) is 0 Å². The third kappa shape index (κ3) is 3.07. The van der Waals surface area contributed by atoms with E-state index < -0.39 is 0 Å². The summed E-state index contributed by atoms with van der Waals surface area (Å²) < 4.78 is 5.04. The molecule has 1 aromatic rings. The first-order valence-corrected chi connectivity index (χ1v) is 4.91. The lowest BCUT2D eigenvalue weighted by atomic mass is 10.3. The van der Waals surface area contributed by atoms with Crippen LogP contribution in [0.25, 0.3) is 0 Å². The second-order valence-electron chi connectivity index (χ2n) is 2.55. The maximum atomic E-state index is 5.04. The Labute approximate surface area is 75.9 Å². The zero-order valence-corrected chi connectivity index (χ0v) is 8.37. The van der Waals surface area contributed by atoms with E-state index in [0.29, 0.717) is 15.4 Å². The summed E-state index contributed by atoms with van der Waals surface area (Å²) in [5, 5.41) is 3.33. The van der Waals surface area contributed by atoms with Crippen LogP contribution in [0.4, 0.5) is 5.69 Å². The molecule has 64 valence electrons. The molecule has 1 unspecified atom stereocenters. The van der Waals surface area contributed by atoms with Crippen LogP contribution in [-0.2, 0) is 4.43 Å². The fraction of sp³-hybridized carbons (Fsp3) is 0.333. The molecule has 0 saturated heterocycles. The van der Waals surface area contributed by atoms with Crippen molar-refractivity contribution in [3.63, 3.8) is 0 Å². The van der Waals surface area contributed by atoms with Crippen molar-refractivity contribution >= 4 is 15.5 Å². The summed E-state index contributed by atoms with van der Waals surface area (Å²) >= 11 is 0. The molecule has 0 saturated carbocycles. The van der Waals surface area contributed by atoms with Gasteiger partial charge in [-0.2, -0.15) is 0 Å². The summed E-state index contributed by atoms with van der Waals surface area (Å²) in [6, 6.07) is 10.2. The first kappa shape index (κ1) is 9.29. The fourth-order valence-electron chi connectivity index (χ4n) is 0.991. The highest BCUT2D eigenvalue weighted by molar-refractivity contribution is 6.30. The Morgan fingerprint density at radius 2 is 2.00 bits per heavy atom. The summed E-state index contributed by atoms with van der Waals surface area (Å²) in [7, 11) is 2.23. The molecule has 1 N–H and O–H groups in total. The molecule has 2 nitrogen and oxygen atoms in total. The third-order valence-electron chi connectivity index (χ3n) is 1.45. The van der Waals surface area contributed by atoms with Crippen molar-refractivity contribution in [3.8, 4) is 0 Å². The highest BCUT2D eigenvalue weighted by Gasteiger charge is 2.01. The zero-order chi connectivity index (χ0) is 8.81. The Kier molecular flexibility index (Phi) is 3.83. The quantitative estimate of drug-likeness (QED) is 0.710. The smallest absolute Gasteiger partial charge is 0.253 e. The van der Waals surface area contributed by atoms with E-state index in [2.05, 4.69) is 24.4 Å². The molecule has 12 heavy (non-hydrogen) atoms. The Bertz CT molecular complexity index is 215. The molecule has 0 aliphatic heterocycles. The van der Waals surface area contributed by atoms with Crippen molar-refractivity contribution in [1.29, 1.82) is 0 Å². The van der Waals surface area contributed by atoms with Crippen LogP contribution in [0.5, 0.6) is 0 Å². The van der Waals surface area contributed by atoms with Crippen molar-refractivity contribution in [2.75, 3.05) is 12.4 Å². The van der Waals surface area contributed by atoms with Gasteiger partial charge >= 0.3 is 0 Å². The summed E-state index contributed by atoms with van der Waals surface area (Å²) in [6.07, 6.45) is 0. The van der Waals surface area contributed by atoms with Crippen molar-refractivity contribution in [1.82, 2.24) is 0 Å². The molecule has 0 heterocycles. The number of anilines is 1. The van der Waals surface area contributed by atoms with E-state index in [-0.39, 0.29) is 0 Å². The van der Waals surface area contributed by atoms with E-state index in [1.54, 1.807) is 7.11 Å². The van der Waals surface area contributed by atoms with Crippen LogP contribution in [-0.4, -0.2) is 22.5 Å². The van der Waals surface area contributed by atoms with E-state index in [1.165, 1.54) is 0 Å². The second-order valence-corrected chi connectivity index (χ2v) is 4.06. The van der Waals surface area contributed by atoms with Gasteiger partial charge in [-0.3, -0.25) is 0 Å². The van der Waals surface area contributed by atoms with Gasteiger partial charge in [-0.1, -0.05) is 18.2 Å². The molecule has 1 rings (SSSR count). The van der Waals surface area contributed by atoms with Gasteiger partial charge in [0.25, 0.3) is 9.76 Å². The van der Waals surface area contributed by atoms with Crippen LogP contribution in [0.15, 0.2) is 30.3 Å². The van der Waals surface area contributed by atoms with E-state index >= 15 is 0 Å². The molecule has 1 aromatic carbocycles. The molecule has 0 amide bonds. The van der Waals surface area contributed by atoms with Gasteiger partial charge < -0.3 is 9.74 Å². The molecular formula is C9H13NOSi. The normalized spacial score (nSPS) is 12.5. The molecule has 2 radical (unpaired) electrons. The average Bonchev–Trinajstić information content (AvgIpc) is 2.06. The van der Waals surface area contributed by atoms with Gasteiger partial charge in [-0.05, 0) is 19.1 Å². The number of rotatable bonds is 4. The zero-order valence-electron chi connectivity index (χ0n) is 7.37. The minimum absolute atomic E-state index is 0.386. The highest BCUT2D eigenvalue weighted by atomic mass is 28.2. The summed E-state index contributed by atoms with van der Waals surface area (Å²) in [4.78, 5) is 0. The maximum Gasteiger partial charge on any atom is 0.253 e. The van der Waals surface area contributed by atoms with Gasteiger partial charge in [-0.25, -0.2) is 0 Å². The van der Waals surface area contributed by atoms with Gasteiger partial charge in [0.05, 0.1) is 0 Å². The van der Waals surface area contributed by atoms with Gasteiger partial charge in [0.1, 0.15) is 0 Å². The summed E-state index contributed by atoms with van der Waals surface area (Å²) in [5.74, 6) is 0. The van der Waals surface area contributed by atoms with Crippen molar-refractivity contribution < 1.29 is 4.43 Å². The second kappa shape index (κ2) is 4.95. The lowest BCUT2D eigenvalue weighted by molar-refractivity contribution is 0.436. The number of benzene rings is 1. The predicted octanol–water partition coefficient (Wildman–Crippen LogP) is 1.71. The van der Waals surface area contributed by atoms with Crippen LogP contribution < -0.4 is 5.32 Å². The maximum absolute atomic E-state index is 5.04. The highest BCUT2D eigenvalue weighted by Crippen LogP contribution is 2.05. The fourth-order valence-corrected chi connectivity index (χ4v) is 1.57. The van der Waals surface area contributed by atoms with Crippen LogP contribution in [0.1, 0.15) is 6.92 Å². The van der Waals surface area contributed by atoms with Gasteiger partial charge in [0, 0.05) is 18.5 Å². The largest absolute Gasteiger partial charge is 0.418 e. The van der Waals surface area contributed by atoms with Crippen LogP contribution in [0, 0.1) is 0 Å². The van der Waals surface area contributed by atoms with Crippen LogP contribution in [0.3, 0.4) is 0 Å². The van der Waals surface area contributed by atoms with Crippen molar-refractivity contribution in [3.05, 3.63) is 30.3 Å². The monoisotopic (exact) mass is 179 g/mol. The standard InChI is InChI=1S/C9H13NOSi/c1-8(12-11-2)10-9-6-4-3-5-7-9/h3-8,10H,1-2H3. The predicted molar refractivity (Wildman–Crippen MR) is 52.3 cm³/mol. The molecule has 0 spiro atoms. The lowest BCUT2D eigenvalue weighted by Gasteiger charge is -2.11. The van der Waals surface area contributed by atoms with E-state index in [4.69, 9.17) is 4.43 Å². The third-order valence-corrected chi connectivity index (χ3v) is 2.19. The first-order valence-electron chi connectivity index (χ1n) is 3.93. The Morgan fingerprint density at radius 1 is 1.33 bits per heavy atom. The Balaban J connectivity index is 2.41. The molecule has 0 aliphatic rings. The lowest BCUT2D eigenvalue weighted by Crippen LogP contribution is -2.23. The molecule has 0 bridgehead atoms. The Hall–Kier alpha value is -0.803. The van der Waals surface area contributed by atoms with Gasteiger partial charge in [-0.15, -0.1) is 0 Å². The topological polar surface area (TPSA) is 21.3 Å². The van der Waals surface area contributed by atoms with Gasteiger partial charge in [0.2, 0.25) is 0 Å². The van der Waals surface area contributed by atoms with Crippen molar-refractivity contribution in [2.45, 2.75) is 12.6 Å². The molecule has 0 aromatic heterocycles. The molecule has 1 atom stereocenters. The van der Waals surface area contributed by atoms with Gasteiger partial charge in [0.15, 0.2) is 0 Å². The first-order chi connectivity index (χ1) is 5.83. The summed E-state index contributed by atoms with van der Waals surface area (Å²) in [6.45, 7) is 2.11. The minimum Gasteiger partial charge on any atom is -0.418 e. The number of para-hydroxylation sites is 1. The Morgan fingerprint density at radius 3 is 2.58 bits per heavy atom. The number of hydrogen-bond donors (Lipinski definition) is 1. The van der Waals surface area contributed by atoms with E-state index in [0.717, 1.165) is 5.69 Å². The molecule has 0 fully saturated rings. The minimum atomic E-state index is 0.386. The van der Waals surface area contributed by atoms with E-state index in [1.807, 2.05) is 18.2 Å². The number of nitrogens with one attached hydrogen (secondary N) is 1.